The van der Waals surface area contributed by atoms with Crippen LogP contribution in [0.5, 0.6) is 0 Å². The van der Waals surface area contributed by atoms with Crippen molar-refractivity contribution < 1.29 is 12.8 Å². The molecule has 0 amide bonds. The van der Waals surface area contributed by atoms with Gasteiger partial charge in [-0.25, -0.2) is 13.1 Å². The molecule has 3 rings (SSSR count). The van der Waals surface area contributed by atoms with Crippen LogP contribution in [0.15, 0.2) is 51.8 Å². The molecule has 7 heteroatoms. The number of benzene rings is 2. The van der Waals surface area contributed by atoms with Crippen molar-refractivity contribution in [1.82, 2.24) is 14.9 Å². The first-order chi connectivity index (χ1) is 11.9. The highest BCUT2D eigenvalue weighted by Gasteiger charge is 2.18. The number of aryl methyl sites for hydroxylation is 3. The molecule has 2 aromatic carbocycles. The lowest BCUT2D eigenvalue weighted by Crippen LogP contribution is -2.24. The van der Waals surface area contributed by atoms with Gasteiger partial charge in [-0.15, -0.1) is 10.2 Å². The van der Waals surface area contributed by atoms with E-state index in [-0.39, 0.29) is 17.3 Å². The van der Waals surface area contributed by atoms with Gasteiger partial charge in [-0.1, -0.05) is 35.9 Å². The van der Waals surface area contributed by atoms with Crippen molar-refractivity contribution in [1.29, 1.82) is 0 Å². The molecule has 0 atom stereocenters. The van der Waals surface area contributed by atoms with Gasteiger partial charge in [0.05, 0.1) is 11.4 Å². The zero-order valence-electron chi connectivity index (χ0n) is 14.3. The van der Waals surface area contributed by atoms with E-state index in [1.54, 1.807) is 19.1 Å². The quantitative estimate of drug-likeness (QED) is 0.758. The van der Waals surface area contributed by atoms with Crippen LogP contribution >= 0.6 is 0 Å². The van der Waals surface area contributed by atoms with Gasteiger partial charge in [0.25, 0.3) is 0 Å². The van der Waals surface area contributed by atoms with Crippen molar-refractivity contribution in [2.75, 3.05) is 0 Å². The Balaban J connectivity index is 1.77. The van der Waals surface area contributed by atoms with Crippen LogP contribution < -0.4 is 4.72 Å². The summed E-state index contributed by atoms with van der Waals surface area (Å²) in [6.45, 7) is 5.57. The number of nitrogens with zero attached hydrogens (tertiary/aromatic N) is 2. The molecular formula is C18H19N3O3S. The van der Waals surface area contributed by atoms with Gasteiger partial charge in [-0.3, -0.25) is 0 Å². The van der Waals surface area contributed by atoms with E-state index in [4.69, 9.17) is 4.42 Å². The van der Waals surface area contributed by atoms with Crippen LogP contribution in [0.4, 0.5) is 0 Å². The molecule has 0 fully saturated rings. The molecule has 0 radical (unpaired) electrons. The van der Waals surface area contributed by atoms with Crippen molar-refractivity contribution in [2.24, 2.45) is 0 Å². The van der Waals surface area contributed by atoms with Crippen LogP contribution in [-0.4, -0.2) is 18.6 Å². The second kappa shape index (κ2) is 6.78. The topological polar surface area (TPSA) is 85.1 Å². The maximum Gasteiger partial charge on any atom is 0.248 e. The normalized spacial score (nSPS) is 11.6. The molecule has 0 unspecified atom stereocenters. The Hall–Kier alpha value is -2.51. The van der Waals surface area contributed by atoms with Gasteiger partial charge in [0.2, 0.25) is 21.8 Å². The van der Waals surface area contributed by atoms with Crippen LogP contribution in [0, 0.1) is 20.8 Å². The summed E-state index contributed by atoms with van der Waals surface area (Å²) in [5, 5.41) is 7.92. The van der Waals surface area contributed by atoms with Crippen LogP contribution in [0.25, 0.3) is 11.5 Å². The first-order valence-electron chi connectivity index (χ1n) is 7.82. The highest BCUT2D eigenvalue weighted by Crippen LogP contribution is 2.22. The molecule has 0 aliphatic heterocycles. The number of aromatic nitrogens is 2. The van der Waals surface area contributed by atoms with E-state index in [1.807, 2.05) is 44.2 Å². The lowest BCUT2D eigenvalue weighted by atomic mass is 10.1. The van der Waals surface area contributed by atoms with E-state index in [1.165, 1.54) is 0 Å². The van der Waals surface area contributed by atoms with Crippen LogP contribution in [-0.2, 0) is 16.6 Å². The molecule has 3 aromatic rings. The second-order valence-electron chi connectivity index (χ2n) is 5.91. The Labute approximate surface area is 147 Å². The molecule has 0 aliphatic rings. The second-order valence-corrected chi connectivity index (χ2v) is 7.64. The number of rotatable bonds is 5. The molecule has 1 N–H and O–H groups in total. The molecule has 1 heterocycles. The number of hydrogen-bond acceptors (Lipinski definition) is 5. The van der Waals surface area contributed by atoms with Crippen molar-refractivity contribution >= 4 is 10.0 Å². The minimum absolute atomic E-state index is 0.0610. The Kier molecular flexibility index (Phi) is 4.69. The van der Waals surface area contributed by atoms with Gasteiger partial charge in [0.15, 0.2) is 0 Å². The summed E-state index contributed by atoms with van der Waals surface area (Å²) >= 11 is 0. The van der Waals surface area contributed by atoms with E-state index in [0.717, 1.165) is 16.7 Å². The van der Waals surface area contributed by atoms with Gasteiger partial charge in [0.1, 0.15) is 0 Å². The van der Waals surface area contributed by atoms with Crippen LogP contribution in [0.2, 0.25) is 0 Å². The first kappa shape index (κ1) is 17.3. The number of nitrogens with one attached hydrogen (secondary N) is 1. The third-order valence-electron chi connectivity index (χ3n) is 3.88. The molecule has 0 spiro atoms. The van der Waals surface area contributed by atoms with Gasteiger partial charge >= 0.3 is 0 Å². The molecule has 0 saturated carbocycles. The minimum atomic E-state index is -3.65. The van der Waals surface area contributed by atoms with Gasteiger partial charge in [-0.2, -0.15) is 0 Å². The summed E-state index contributed by atoms with van der Waals surface area (Å²) in [4.78, 5) is 0.247. The molecule has 0 aliphatic carbocycles. The smallest absolute Gasteiger partial charge is 0.248 e. The number of sulfonamides is 1. The standard InChI is InChI=1S/C18H19N3O3S/c1-12-8-9-16(14(3)10-12)25(22,23)19-11-17-20-21-18(24-17)15-7-5-4-6-13(15)2/h4-10,19H,11H2,1-3H3. The van der Waals surface area contributed by atoms with Crippen LogP contribution in [0.3, 0.4) is 0 Å². The summed E-state index contributed by atoms with van der Waals surface area (Å²) in [5.41, 5.74) is 3.54. The fourth-order valence-electron chi connectivity index (χ4n) is 2.58. The molecule has 1 aromatic heterocycles. The van der Waals surface area contributed by atoms with E-state index in [2.05, 4.69) is 14.9 Å². The molecule has 6 nitrogen and oxygen atoms in total. The summed E-state index contributed by atoms with van der Waals surface area (Å²) < 4.78 is 33.0. The number of hydrogen-bond donors (Lipinski definition) is 1. The Morgan fingerprint density at radius 2 is 1.76 bits per heavy atom. The SMILES string of the molecule is Cc1ccc(S(=O)(=O)NCc2nnc(-c3ccccc3C)o2)c(C)c1. The van der Waals surface area contributed by atoms with E-state index >= 15 is 0 Å². The Morgan fingerprint density at radius 3 is 2.48 bits per heavy atom. The maximum absolute atomic E-state index is 12.5. The lowest BCUT2D eigenvalue weighted by Gasteiger charge is -2.08. The molecule has 25 heavy (non-hydrogen) atoms. The predicted octanol–water partition coefficient (Wildman–Crippen LogP) is 3.14. The highest BCUT2D eigenvalue weighted by atomic mass is 32.2. The summed E-state index contributed by atoms with van der Waals surface area (Å²) in [6.07, 6.45) is 0. The third kappa shape index (κ3) is 3.78. The van der Waals surface area contributed by atoms with E-state index in [0.29, 0.717) is 11.5 Å². The Bertz CT molecular complexity index is 1010. The van der Waals surface area contributed by atoms with Crippen molar-refractivity contribution in [2.45, 2.75) is 32.2 Å². The third-order valence-corrected chi connectivity index (χ3v) is 5.44. The van der Waals surface area contributed by atoms with Crippen molar-refractivity contribution in [3.05, 3.63) is 65.0 Å². The first-order valence-corrected chi connectivity index (χ1v) is 9.30. The highest BCUT2D eigenvalue weighted by molar-refractivity contribution is 7.89. The average Bonchev–Trinajstić information content (AvgIpc) is 3.02. The molecule has 130 valence electrons. The average molecular weight is 357 g/mol. The zero-order chi connectivity index (χ0) is 18.0. The summed E-state index contributed by atoms with van der Waals surface area (Å²) in [7, 11) is -3.65. The van der Waals surface area contributed by atoms with Gasteiger partial charge in [0, 0.05) is 5.56 Å². The fraction of sp³-hybridized carbons (Fsp3) is 0.222. The van der Waals surface area contributed by atoms with E-state index < -0.39 is 10.0 Å². The zero-order valence-corrected chi connectivity index (χ0v) is 15.1. The fourth-order valence-corrected chi connectivity index (χ4v) is 3.78. The summed E-state index contributed by atoms with van der Waals surface area (Å²) in [5.74, 6) is 0.588. The van der Waals surface area contributed by atoms with Crippen LogP contribution in [0.1, 0.15) is 22.6 Å². The summed E-state index contributed by atoms with van der Waals surface area (Å²) in [6, 6.07) is 12.8. The monoisotopic (exact) mass is 357 g/mol. The van der Waals surface area contributed by atoms with Gasteiger partial charge in [-0.05, 0) is 44.0 Å². The predicted molar refractivity (Wildman–Crippen MR) is 94.4 cm³/mol. The minimum Gasteiger partial charge on any atom is -0.419 e. The van der Waals surface area contributed by atoms with Gasteiger partial charge < -0.3 is 4.42 Å². The molecular weight excluding hydrogens is 338 g/mol. The van der Waals surface area contributed by atoms with Crippen molar-refractivity contribution in [3.63, 3.8) is 0 Å². The van der Waals surface area contributed by atoms with E-state index in [9.17, 15) is 8.42 Å². The Morgan fingerprint density at radius 1 is 1.00 bits per heavy atom. The molecule has 0 saturated heterocycles. The maximum atomic E-state index is 12.5. The largest absolute Gasteiger partial charge is 0.419 e. The molecule has 0 bridgehead atoms. The lowest BCUT2D eigenvalue weighted by molar-refractivity contribution is 0.494. The van der Waals surface area contributed by atoms with Crippen molar-refractivity contribution in [3.8, 4) is 11.5 Å².